The maximum atomic E-state index is 13.7. The molecule has 1 aromatic heterocycles. The number of benzene rings is 2. The second kappa shape index (κ2) is 8.18. The van der Waals surface area contributed by atoms with E-state index in [9.17, 15) is 14.0 Å². The summed E-state index contributed by atoms with van der Waals surface area (Å²) in [6.07, 6.45) is 2.27. The Kier molecular flexibility index (Phi) is 5.44. The number of aromatic amines is 1. The minimum absolute atomic E-state index is 0.0944. The van der Waals surface area contributed by atoms with Gasteiger partial charge in [-0.3, -0.25) is 4.79 Å². The molecule has 2 N–H and O–H groups in total. The predicted molar refractivity (Wildman–Crippen MR) is 115 cm³/mol. The van der Waals surface area contributed by atoms with Gasteiger partial charge in [0.25, 0.3) is 0 Å². The van der Waals surface area contributed by atoms with Gasteiger partial charge in [0.2, 0.25) is 5.91 Å². The lowest BCUT2D eigenvalue weighted by atomic mass is 10.1. The van der Waals surface area contributed by atoms with Crippen molar-refractivity contribution in [2.24, 2.45) is 0 Å². The summed E-state index contributed by atoms with van der Waals surface area (Å²) < 4.78 is 18.5. The van der Waals surface area contributed by atoms with Gasteiger partial charge < -0.3 is 19.9 Å². The van der Waals surface area contributed by atoms with Gasteiger partial charge in [-0.05, 0) is 61.7 Å². The fourth-order valence-corrected chi connectivity index (χ4v) is 4.05. The fraction of sp³-hybridized carbons (Fsp3) is 0.304. The number of H-pyrrole nitrogens is 1. The number of halogens is 1. The van der Waals surface area contributed by atoms with E-state index >= 15 is 0 Å². The van der Waals surface area contributed by atoms with Crippen molar-refractivity contribution in [2.45, 2.75) is 26.2 Å². The van der Waals surface area contributed by atoms with Crippen LogP contribution in [0.3, 0.4) is 0 Å². The van der Waals surface area contributed by atoms with Crippen LogP contribution in [0.15, 0.2) is 36.4 Å². The lowest BCUT2D eigenvalue weighted by molar-refractivity contribution is -0.115. The standard InChI is InChI=1S/C23H24FN3O3/c1-14-17(18-12-16(24)6-7-19(18)25-14)13-22(28)26-20-11-15(23(29)30-2)5-8-21(20)27-9-3-4-10-27/h5-8,11-12,25H,3-4,9-10,13H2,1-2H3,(H,26,28). The molecule has 2 heterocycles. The molecule has 1 saturated heterocycles. The van der Waals surface area contributed by atoms with E-state index in [2.05, 4.69) is 15.2 Å². The first-order valence-corrected chi connectivity index (χ1v) is 10.00. The first-order valence-electron chi connectivity index (χ1n) is 10.00. The number of fused-ring (bicyclic) bond motifs is 1. The minimum atomic E-state index is -0.457. The molecule has 7 heteroatoms. The molecule has 30 heavy (non-hydrogen) atoms. The maximum Gasteiger partial charge on any atom is 0.337 e. The molecular weight excluding hydrogens is 385 g/mol. The summed E-state index contributed by atoms with van der Waals surface area (Å²) in [6, 6.07) is 9.71. The van der Waals surface area contributed by atoms with E-state index in [0.717, 1.165) is 48.4 Å². The quantitative estimate of drug-likeness (QED) is 0.620. The van der Waals surface area contributed by atoms with Crippen molar-refractivity contribution in [3.05, 3.63) is 59.0 Å². The van der Waals surface area contributed by atoms with Gasteiger partial charge >= 0.3 is 5.97 Å². The molecule has 0 saturated carbocycles. The Morgan fingerprint density at radius 2 is 1.93 bits per heavy atom. The summed E-state index contributed by atoms with van der Waals surface area (Å²) in [5.41, 5.74) is 4.22. The van der Waals surface area contributed by atoms with E-state index in [0.29, 0.717) is 16.6 Å². The zero-order valence-corrected chi connectivity index (χ0v) is 17.0. The van der Waals surface area contributed by atoms with Crippen molar-refractivity contribution < 1.29 is 18.7 Å². The lowest BCUT2D eigenvalue weighted by Crippen LogP contribution is -2.22. The lowest BCUT2D eigenvalue weighted by Gasteiger charge is -2.22. The van der Waals surface area contributed by atoms with Crippen molar-refractivity contribution in [1.29, 1.82) is 0 Å². The van der Waals surface area contributed by atoms with Crippen LogP contribution in [-0.4, -0.2) is 37.1 Å². The van der Waals surface area contributed by atoms with Crippen molar-refractivity contribution in [1.82, 2.24) is 4.98 Å². The zero-order valence-electron chi connectivity index (χ0n) is 17.0. The number of aromatic nitrogens is 1. The number of carbonyl (C=O) groups is 2. The second-order valence-corrected chi connectivity index (χ2v) is 7.56. The minimum Gasteiger partial charge on any atom is -0.465 e. The van der Waals surface area contributed by atoms with Crippen LogP contribution in [0.5, 0.6) is 0 Å². The monoisotopic (exact) mass is 409 g/mol. The molecule has 1 aliphatic heterocycles. The van der Waals surface area contributed by atoms with Crippen LogP contribution in [0.1, 0.15) is 34.5 Å². The molecular formula is C23H24FN3O3. The topological polar surface area (TPSA) is 74.4 Å². The molecule has 3 aromatic rings. The van der Waals surface area contributed by atoms with Crippen LogP contribution in [0.25, 0.3) is 10.9 Å². The number of nitrogens with zero attached hydrogens (tertiary/aromatic N) is 1. The van der Waals surface area contributed by atoms with Gasteiger partial charge in [0.1, 0.15) is 5.82 Å². The number of esters is 1. The Morgan fingerprint density at radius 1 is 1.17 bits per heavy atom. The highest BCUT2D eigenvalue weighted by molar-refractivity contribution is 6.00. The average Bonchev–Trinajstić information content (AvgIpc) is 3.36. The van der Waals surface area contributed by atoms with Crippen LogP contribution in [-0.2, 0) is 16.0 Å². The van der Waals surface area contributed by atoms with E-state index in [4.69, 9.17) is 4.74 Å². The summed E-state index contributed by atoms with van der Waals surface area (Å²) >= 11 is 0. The van der Waals surface area contributed by atoms with Crippen LogP contribution < -0.4 is 10.2 Å². The molecule has 0 atom stereocenters. The number of carbonyl (C=O) groups excluding carboxylic acids is 2. The van der Waals surface area contributed by atoms with E-state index in [1.807, 2.05) is 13.0 Å². The van der Waals surface area contributed by atoms with Crippen LogP contribution in [0.2, 0.25) is 0 Å². The molecule has 156 valence electrons. The van der Waals surface area contributed by atoms with Gasteiger partial charge in [-0.15, -0.1) is 0 Å². The highest BCUT2D eigenvalue weighted by Gasteiger charge is 2.20. The van der Waals surface area contributed by atoms with Crippen LogP contribution >= 0.6 is 0 Å². The van der Waals surface area contributed by atoms with Crippen molar-refractivity contribution in [3.63, 3.8) is 0 Å². The molecule has 1 fully saturated rings. The number of hydrogen-bond donors (Lipinski definition) is 2. The van der Waals surface area contributed by atoms with Crippen molar-refractivity contribution >= 4 is 34.2 Å². The van der Waals surface area contributed by atoms with E-state index < -0.39 is 5.97 Å². The Bertz CT molecular complexity index is 1120. The number of aryl methyl sites for hydroxylation is 1. The SMILES string of the molecule is COC(=O)c1ccc(N2CCCC2)c(NC(=O)Cc2c(C)[nH]c3ccc(F)cc23)c1. The van der Waals surface area contributed by atoms with Crippen LogP contribution in [0, 0.1) is 12.7 Å². The van der Waals surface area contributed by atoms with Gasteiger partial charge in [0.15, 0.2) is 0 Å². The molecule has 0 bridgehead atoms. The molecule has 1 amide bonds. The molecule has 6 nitrogen and oxygen atoms in total. The summed E-state index contributed by atoms with van der Waals surface area (Å²) in [4.78, 5) is 30.3. The smallest absolute Gasteiger partial charge is 0.337 e. The Hall–Kier alpha value is -3.35. The third-order valence-electron chi connectivity index (χ3n) is 5.56. The molecule has 0 unspecified atom stereocenters. The van der Waals surface area contributed by atoms with Crippen molar-refractivity contribution in [3.8, 4) is 0 Å². The number of methoxy groups -OCH3 is 1. The Balaban J connectivity index is 1.63. The molecule has 2 aromatic carbocycles. The van der Waals surface area contributed by atoms with Crippen molar-refractivity contribution in [2.75, 3.05) is 30.4 Å². The maximum absolute atomic E-state index is 13.7. The highest BCUT2D eigenvalue weighted by Crippen LogP contribution is 2.31. The van der Waals surface area contributed by atoms with Gasteiger partial charge in [-0.2, -0.15) is 0 Å². The predicted octanol–water partition coefficient (Wildman–Crippen LogP) is 4.18. The zero-order chi connectivity index (χ0) is 21.3. The highest BCUT2D eigenvalue weighted by atomic mass is 19.1. The number of rotatable bonds is 5. The third-order valence-corrected chi connectivity index (χ3v) is 5.56. The Labute approximate surface area is 174 Å². The fourth-order valence-electron chi connectivity index (χ4n) is 4.05. The molecule has 4 rings (SSSR count). The van der Waals surface area contributed by atoms with Crippen LogP contribution in [0.4, 0.5) is 15.8 Å². The number of hydrogen-bond acceptors (Lipinski definition) is 4. The van der Waals surface area contributed by atoms with E-state index in [-0.39, 0.29) is 18.1 Å². The molecule has 0 aliphatic carbocycles. The molecule has 1 aliphatic rings. The summed E-state index contributed by atoms with van der Waals surface area (Å²) in [5, 5.41) is 3.66. The van der Waals surface area contributed by atoms with Gasteiger partial charge in [0, 0.05) is 29.7 Å². The van der Waals surface area contributed by atoms with Gasteiger partial charge in [-0.25, -0.2) is 9.18 Å². The third kappa shape index (κ3) is 3.87. The summed E-state index contributed by atoms with van der Waals surface area (Å²) in [5.74, 6) is -1.03. The first-order chi connectivity index (χ1) is 14.5. The average molecular weight is 409 g/mol. The van der Waals surface area contributed by atoms with E-state index in [1.165, 1.54) is 19.2 Å². The summed E-state index contributed by atoms with van der Waals surface area (Å²) in [7, 11) is 1.33. The largest absolute Gasteiger partial charge is 0.465 e. The first kappa shape index (κ1) is 19.9. The number of anilines is 2. The second-order valence-electron chi connectivity index (χ2n) is 7.56. The van der Waals surface area contributed by atoms with Gasteiger partial charge in [-0.1, -0.05) is 0 Å². The normalized spacial score (nSPS) is 13.6. The molecule has 0 radical (unpaired) electrons. The Morgan fingerprint density at radius 3 is 2.67 bits per heavy atom. The number of nitrogens with one attached hydrogen (secondary N) is 2. The number of ether oxygens (including phenoxy) is 1. The van der Waals surface area contributed by atoms with E-state index in [1.54, 1.807) is 18.2 Å². The molecule has 0 spiro atoms. The summed E-state index contributed by atoms with van der Waals surface area (Å²) in [6.45, 7) is 3.68. The number of amides is 1. The van der Waals surface area contributed by atoms with Gasteiger partial charge in [0.05, 0.1) is 30.5 Å².